The Labute approximate surface area is 124 Å². The second-order valence-electron chi connectivity index (χ2n) is 4.88. The van der Waals surface area contributed by atoms with Crippen LogP contribution in [-0.2, 0) is 16.6 Å². The van der Waals surface area contributed by atoms with Gasteiger partial charge in [0.2, 0.25) is 15.9 Å². The number of hydrogen-bond donors (Lipinski definition) is 2. The van der Waals surface area contributed by atoms with Gasteiger partial charge in [-0.05, 0) is 44.0 Å². The van der Waals surface area contributed by atoms with Gasteiger partial charge in [-0.2, -0.15) is 0 Å². The zero-order chi connectivity index (χ0) is 15.6. The Balaban J connectivity index is 2.27. The van der Waals surface area contributed by atoms with Crippen LogP contribution in [0.3, 0.4) is 0 Å². The van der Waals surface area contributed by atoms with Gasteiger partial charge in [0, 0.05) is 12.7 Å². The molecule has 0 atom stereocenters. The molecule has 0 unspecified atom stereocenters. The lowest BCUT2D eigenvalue weighted by atomic mass is 10.1. The molecule has 6 nitrogen and oxygen atoms in total. The van der Waals surface area contributed by atoms with Crippen LogP contribution in [0.4, 0.5) is 5.69 Å². The number of aromatic nitrogens is 1. The van der Waals surface area contributed by atoms with Crippen molar-refractivity contribution in [1.82, 2.24) is 9.71 Å². The first-order chi connectivity index (χ1) is 9.83. The maximum absolute atomic E-state index is 12.5. The van der Waals surface area contributed by atoms with Gasteiger partial charge in [0.1, 0.15) is 5.76 Å². The number of rotatable bonds is 5. The Morgan fingerprint density at radius 3 is 2.29 bits per heavy atom. The lowest BCUT2D eigenvalue weighted by Crippen LogP contribution is -2.25. The standard InChI is InChI=1S/C14H19N3O3S/c1-9-5-12(15-4)6-10(2)14(9)21(18,19)17-8-13-16-7-11(3)20-13/h5-7,15,17H,8H2,1-4H3. The molecule has 0 saturated heterocycles. The highest BCUT2D eigenvalue weighted by atomic mass is 32.2. The van der Waals surface area contributed by atoms with E-state index in [0.717, 1.165) is 5.69 Å². The van der Waals surface area contributed by atoms with E-state index in [9.17, 15) is 8.42 Å². The summed E-state index contributed by atoms with van der Waals surface area (Å²) in [7, 11) is -1.82. The highest BCUT2D eigenvalue weighted by Crippen LogP contribution is 2.24. The fourth-order valence-electron chi connectivity index (χ4n) is 2.23. The zero-order valence-electron chi connectivity index (χ0n) is 12.5. The molecule has 0 radical (unpaired) electrons. The molecule has 1 aromatic carbocycles. The monoisotopic (exact) mass is 309 g/mol. The van der Waals surface area contributed by atoms with Crippen molar-refractivity contribution in [1.29, 1.82) is 0 Å². The van der Waals surface area contributed by atoms with E-state index in [0.29, 0.717) is 27.7 Å². The van der Waals surface area contributed by atoms with Crippen LogP contribution >= 0.6 is 0 Å². The van der Waals surface area contributed by atoms with Crippen LogP contribution < -0.4 is 10.0 Å². The quantitative estimate of drug-likeness (QED) is 0.884. The summed E-state index contributed by atoms with van der Waals surface area (Å²) in [4.78, 5) is 4.28. The third-order valence-corrected chi connectivity index (χ3v) is 4.81. The van der Waals surface area contributed by atoms with Crippen molar-refractivity contribution in [2.45, 2.75) is 32.2 Å². The van der Waals surface area contributed by atoms with Crippen LogP contribution in [-0.4, -0.2) is 20.4 Å². The van der Waals surface area contributed by atoms with E-state index in [2.05, 4.69) is 15.0 Å². The fourth-order valence-corrected chi connectivity index (χ4v) is 3.65. The maximum Gasteiger partial charge on any atom is 0.241 e. The van der Waals surface area contributed by atoms with Crippen LogP contribution in [0.2, 0.25) is 0 Å². The number of aryl methyl sites for hydroxylation is 3. The van der Waals surface area contributed by atoms with Gasteiger partial charge in [0.25, 0.3) is 0 Å². The summed E-state index contributed by atoms with van der Waals surface area (Å²) in [5, 5.41) is 3.01. The molecule has 0 aliphatic carbocycles. The summed E-state index contributed by atoms with van der Waals surface area (Å²) in [6.07, 6.45) is 1.56. The van der Waals surface area contributed by atoms with Crippen LogP contribution in [0.1, 0.15) is 22.8 Å². The Morgan fingerprint density at radius 2 is 1.81 bits per heavy atom. The molecule has 0 saturated carbocycles. The molecule has 114 valence electrons. The molecule has 0 amide bonds. The van der Waals surface area contributed by atoms with Crippen LogP contribution in [0, 0.1) is 20.8 Å². The average Bonchev–Trinajstić information content (AvgIpc) is 2.81. The van der Waals surface area contributed by atoms with E-state index in [4.69, 9.17) is 4.42 Å². The number of benzene rings is 1. The van der Waals surface area contributed by atoms with Crippen molar-refractivity contribution in [2.75, 3.05) is 12.4 Å². The fraction of sp³-hybridized carbons (Fsp3) is 0.357. The molecule has 1 heterocycles. The van der Waals surface area contributed by atoms with E-state index < -0.39 is 10.0 Å². The number of sulfonamides is 1. The molecule has 1 aromatic heterocycles. The van der Waals surface area contributed by atoms with E-state index >= 15 is 0 Å². The molecular formula is C14H19N3O3S. The predicted molar refractivity (Wildman–Crippen MR) is 80.7 cm³/mol. The Bertz CT molecular complexity index is 728. The summed E-state index contributed by atoms with van der Waals surface area (Å²) in [6.45, 7) is 5.34. The van der Waals surface area contributed by atoms with Gasteiger partial charge in [-0.15, -0.1) is 0 Å². The summed E-state index contributed by atoms with van der Waals surface area (Å²) in [5.41, 5.74) is 2.26. The first kappa shape index (κ1) is 15.5. The van der Waals surface area contributed by atoms with Gasteiger partial charge in [-0.25, -0.2) is 18.1 Å². The van der Waals surface area contributed by atoms with Crippen molar-refractivity contribution in [2.24, 2.45) is 0 Å². The highest BCUT2D eigenvalue weighted by Gasteiger charge is 2.20. The largest absolute Gasteiger partial charge is 0.445 e. The van der Waals surface area contributed by atoms with Crippen molar-refractivity contribution in [3.8, 4) is 0 Å². The van der Waals surface area contributed by atoms with Gasteiger partial charge in [-0.1, -0.05) is 0 Å². The second kappa shape index (κ2) is 5.87. The molecule has 7 heteroatoms. The minimum Gasteiger partial charge on any atom is -0.445 e. The van der Waals surface area contributed by atoms with E-state index in [1.807, 2.05) is 0 Å². The first-order valence-corrected chi connectivity index (χ1v) is 8.02. The minimum absolute atomic E-state index is 0.0306. The molecular weight excluding hydrogens is 290 g/mol. The lowest BCUT2D eigenvalue weighted by Gasteiger charge is -2.13. The minimum atomic E-state index is -3.61. The maximum atomic E-state index is 12.5. The van der Waals surface area contributed by atoms with Crippen LogP contribution in [0.25, 0.3) is 0 Å². The predicted octanol–water partition coefficient (Wildman–Crippen LogP) is 2.12. The number of nitrogens with zero attached hydrogens (tertiary/aromatic N) is 1. The van der Waals surface area contributed by atoms with Gasteiger partial charge in [-0.3, -0.25) is 0 Å². The Morgan fingerprint density at radius 1 is 1.19 bits per heavy atom. The number of hydrogen-bond acceptors (Lipinski definition) is 5. The lowest BCUT2D eigenvalue weighted by molar-refractivity contribution is 0.463. The average molecular weight is 309 g/mol. The van der Waals surface area contributed by atoms with Gasteiger partial charge in [0.15, 0.2) is 0 Å². The molecule has 2 N–H and O–H groups in total. The van der Waals surface area contributed by atoms with Crippen molar-refractivity contribution in [3.05, 3.63) is 41.1 Å². The third kappa shape index (κ3) is 3.43. The van der Waals surface area contributed by atoms with Crippen LogP contribution in [0.5, 0.6) is 0 Å². The number of oxazole rings is 1. The van der Waals surface area contributed by atoms with Gasteiger partial charge < -0.3 is 9.73 Å². The first-order valence-electron chi connectivity index (χ1n) is 6.53. The summed E-state index contributed by atoms with van der Waals surface area (Å²) in [5.74, 6) is 0.994. The highest BCUT2D eigenvalue weighted by molar-refractivity contribution is 7.89. The summed E-state index contributed by atoms with van der Waals surface area (Å²) >= 11 is 0. The molecule has 0 bridgehead atoms. The smallest absolute Gasteiger partial charge is 0.241 e. The molecule has 21 heavy (non-hydrogen) atoms. The van der Waals surface area contributed by atoms with Crippen molar-refractivity contribution < 1.29 is 12.8 Å². The number of anilines is 1. The molecule has 0 spiro atoms. The van der Waals surface area contributed by atoms with E-state index in [1.165, 1.54) is 0 Å². The van der Waals surface area contributed by atoms with E-state index in [1.54, 1.807) is 46.1 Å². The molecule has 0 aliphatic heterocycles. The zero-order valence-corrected chi connectivity index (χ0v) is 13.3. The Hall–Kier alpha value is -1.86. The molecule has 2 aromatic rings. The Kier molecular flexibility index (Phi) is 4.34. The van der Waals surface area contributed by atoms with Crippen molar-refractivity contribution in [3.63, 3.8) is 0 Å². The van der Waals surface area contributed by atoms with E-state index in [-0.39, 0.29) is 6.54 Å². The second-order valence-corrected chi connectivity index (χ2v) is 6.58. The van der Waals surface area contributed by atoms with Crippen molar-refractivity contribution >= 4 is 15.7 Å². The van der Waals surface area contributed by atoms with Gasteiger partial charge in [0.05, 0.1) is 17.6 Å². The third-order valence-electron chi connectivity index (χ3n) is 3.10. The summed E-state index contributed by atoms with van der Waals surface area (Å²) in [6, 6.07) is 3.60. The molecule has 2 rings (SSSR count). The van der Waals surface area contributed by atoms with Gasteiger partial charge >= 0.3 is 0 Å². The summed E-state index contributed by atoms with van der Waals surface area (Å²) < 4.78 is 32.7. The molecule has 0 aliphatic rings. The SMILES string of the molecule is CNc1cc(C)c(S(=O)(=O)NCc2ncc(C)o2)c(C)c1. The molecule has 0 fully saturated rings. The normalized spacial score (nSPS) is 11.6. The number of nitrogens with one attached hydrogen (secondary N) is 2. The van der Waals surface area contributed by atoms with Crippen LogP contribution in [0.15, 0.2) is 27.6 Å². The topological polar surface area (TPSA) is 84.2 Å².